The predicted octanol–water partition coefficient (Wildman–Crippen LogP) is -1.28. The quantitative estimate of drug-likeness (QED) is 0.552. The van der Waals surface area contributed by atoms with E-state index in [9.17, 15) is 19.8 Å². The Hall–Kier alpha value is -1.92. The van der Waals surface area contributed by atoms with Gasteiger partial charge in [0.05, 0.1) is 19.6 Å². The van der Waals surface area contributed by atoms with Gasteiger partial charge in [-0.2, -0.15) is 0 Å². The number of Topliss-reactive ketones (excluding diaryl/α,β-unsaturated/α-hetero) is 1. The summed E-state index contributed by atoms with van der Waals surface area (Å²) in [5.41, 5.74) is 0.550. The molecular weight excluding hydrogens is 274 g/mol. The van der Waals surface area contributed by atoms with Crippen molar-refractivity contribution in [1.82, 2.24) is 0 Å². The second-order valence-electron chi connectivity index (χ2n) is 4.74. The van der Waals surface area contributed by atoms with E-state index in [1.54, 1.807) is 24.3 Å². The van der Waals surface area contributed by atoms with E-state index in [0.717, 1.165) is 0 Å². The van der Waals surface area contributed by atoms with Crippen LogP contribution in [-0.2, 0) is 4.79 Å². The van der Waals surface area contributed by atoms with Crippen LogP contribution in [0.3, 0.4) is 0 Å². The van der Waals surface area contributed by atoms with Gasteiger partial charge in [0.2, 0.25) is 0 Å². The second-order valence-corrected chi connectivity index (χ2v) is 4.74. The molecule has 0 fully saturated rings. The largest absolute Gasteiger partial charge is 0.544 e. The van der Waals surface area contributed by atoms with Crippen molar-refractivity contribution in [3.8, 4) is 5.75 Å². The van der Waals surface area contributed by atoms with Gasteiger partial charge in [0.25, 0.3) is 0 Å². The molecule has 6 nitrogen and oxygen atoms in total. The fraction of sp³-hybridized carbons (Fsp3) is 0.467. The Bertz CT molecular complexity index is 469. The minimum atomic E-state index is -1.33. The molecule has 0 radical (unpaired) electrons. The number of hydrogen-bond donors (Lipinski definition) is 2. The molecule has 0 amide bonds. The van der Waals surface area contributed by atoms with E-state index in [2.05, 4.69) is 0 Å². The average molecular weight is 295 g/mol. The van der Waals surface area contributed by atoms with Gasteiger partial charge in [-0.05, 0) is 38.1 Å². The zero-order chi connectivity index (χ0) is 15.8. The highest BCUT2D eigenvalue weighted by Gasteiger charge is 2.19. The normalized spacial score (nSPS) is 13.5. The number of ether oxygens (including phenoxy) is 1. The lowest BCUT2D eigenvalue weighted by Gasteiger charge is -2.18. The van der Waals surface area contributed by atoms with Crippen LogP contribution in [0.15, 0.2) is 24.3 Å². The molecule has 116 valence electrons. The third-order valence-corrected chi connectivity index (χ3v) is 3.07. The Labute approximate surface area is 123 Å². The molecule has 1 rings (SSSR count). The number of nitrogens with two attached hydrogens (primary N) is 1. The first kappa shape index (κ1) is 17.1. The van der Waals surface area contributed by atoms with E-state index in [-0.39, 0.29) is 18.7 Å². The summed E-state index contributed by atoms with van der Waals surface area (Å²) in [6.45, 7) is 4.10. The highest BCUT2D eigenvalue weighted by Crippen LogP contribution is 2.13. The number of rotatable bonds is 9. The number of carbonyl (C=O) groups excluding carboxylic acids is 2. The first-order valence-corrected chi connectivity index (χ1v) is 6.94. The number of aliphatic carboxylic acids is 1. The number of carboxylic acid groups (broad SMARTS) is 1. The number of hydrogen-bond acceptors (Lipinski definition) is 5. The number of quaternary nitrogens is 1. The molecule has 3 N–H and O–H groups in total. The highest BCUT2D eigenvalue weighted by atomic mass is 16.5. The highest BCUT2D eigenvalue weighted by molar-refractivity contribution is 5.96. The monoisotopic (exact) mass is 295 g/mol. The summed E-state index contributed by atoms with van der Waals surface area (Å²) < 4.78 is 5.29. The van der Waals surface area contributed by atoms with Crippen LogP contribution < -0.4 is 15.2 Å². The molecule has 21 heavy (non-hydrogen) atoms. The molecule has 6 heteroatoms. The predicted molar refractivity (Wildman–Crippen MR) is 73.8 cm³/mol. The Morgan fingerprint density at radius 1 is 1.33 bits per heavy atom. The molecule has 0 saturated heterocycles. The van der Waals surface area contributed by atoms with Gasteiger partial charge in [-0.1, -0.05) is 0 Å². The van der Waals surface area contributed by atoms with Crippen LogP contribution in [0.25, 0.3) is 0 Å². The number of ketones is 1. The fourth-order valence-corrected chi connectivity index (χ4v) is 1.93. The van der Waals surface area contributed by atoms with Gasteiger partial charge in [-0.15, -0.1) is 0 Å². The molecule has 0 heterocycles. The minimum absolute atomic E-state index is 0.0861. The van der Waals surface area contributed by atoms with Crippen molar-refractivity contribution in [2.24, 2.45) is 0 Å². The zero-order valence-electron chi connectivity index (χ0n) is 12.2. The summed E-state index contributed by atoms with van der Waals surface area (Å²) >= 11 is 0. The molecule has 0 bridgehead atoms. The third-order valence-electron chi connectivity index (χ3n) is 3.07. The van der Waals surface area contributed by atoms with Crippen molar-refractivity contribution in [3.63, 3.8) is 0 Å². The summed E-state index contributed by atoms with van der Waals surface area (Å²) in [5, 5.41) is 21.5. The van der Waals surface area contributed by atoms with Gasteiger partial charge in [0.15, 0.2) is 11.8 Å². The summed E-state index contributed by atoms with van der Waals surface area (Å²) in [7, 11) is 0. The Balaban J connectivity index is 2.48. The van der Waals surface area contributed by atoms with Crippen LogP contribution in [-0.4, -0.2) is 42.2 Å². The minimum Gasteiger partial charge on any atom is -0.544 e. The summed E-state index contributed by atoms with van der Waals surface area (Å²) in [5.74, 6) is -0.720. The summed E-state index contributed by atoms with van der Waals surface area (Å²) in [6, 6.07) is 5.75. The van der Waals surface area contributed by atoms with Crippen molar-refractivity contribution < 1.29 is 29.9 Å². The molecule has 0 aliphatic carbocycles. The van der Waals surface area contributed by atoms with Crippen molar-refractivity contribution in [3.05, 3.63) is 29.8 Å². The van der Waals surface area contributed by atoms with Gasteiger partial charge >= 0.3 is 0 Å². The standard InChI is InChI=1S/C15H21NO5/c1-3-21-12-6-4-11(5-7-12)13(18)8-9-16-14(10(2)17)15(19)20/h4-7,10,14,16-17H,3,8-9H2,1-2H3,(H,19,20)/t10-,14-/m0/s1. The van der Waals surface area contributed by atoms with Crippen LogP contribution in [0.2, 0.25) is 0 Å². The smallest absolute Gasteiger partial charge is 0.168 e. The molecule has 0 aliphatic rings. The topological polar surface area (TPSA) is 103 Å². The van der Waals surface area contributed by atoms with E-state index in [4.69, 9.17) is 4.74 Å². The number of benzene rings is 1. The SMILES string of the molecule is CCOc1ccc(C(=O)CC[NH2+][C@H](C(=O)[O-])[C@H](C)O)cc1. The first-order chi connectivity index (χ1) is 9.95. The molecule has 0 unspecified atom stereocenters. The van der Waals surface area contributed by atoms with Crippen molar-refractivity contribution in [1.29, 1.82) is 0 Å². The van der Waals surface area contributed by atoms with Crippen LogP contribution in [0.1, 0.15) is 30.6 Å². The van der Waals surface area contributed by atoms with Crippen molar-refractivity contribution in [2.75, 3.05) is 13.2 Å². The Morgan fingerprint density at radius 3 is 2.43 bits per heavy atom. The maximum Gasteiger partial charge on any atom is 0.168 e. The number of carbonyl (C=O) groups is 2. The van der Waals surface area contributed by atoms with Crippen molar-refractivity contribution in [2.45, 2.75) is 32.4 Å². The van der Waals surface area contributed by atoms with Gasteiger partial charge < -0.3 is 25.1 Å². The lowest BCUT2D eigenvalue weighted by atomic mass is 10.1. The van der Waals surface area contributed by atoms with Gasteiger partial charge in [-0.3, -0.25) is 4.79 Å². The van der Waals surface area contributed by atoms with Crippen LogP contribution in [0.4, 0.5) is 0 Å². The third kappa shape index (κ3) is 5.53. The Kier molecular flexibility index (Phi) is 6.84. The number of aliphatic hydroxyl groups excluding tert-OH is 1. The lowest BCUT2D eigenvalue weighted by Crippen LogP contribution is -2.95. The van der Waals surface area contributed by atoms with Gasteiger partial charge in [0, 0.05) is 5.56 Å². The van der Waals surface area contributed by atoms with Crippen LogP contribution >= 0.6 is 0 Å². The van der Waals surface area contributed by atoms with E-state index in [1.165, 1.54) is 12.2 Å². The maximum absolute atomic E-state index is 11.9. The second kappa shape index (κ2) is 8.39. The summed E-state index contributed by atoms with van der Waals surface area (Å²) in [6.07, 6.45) is -0.847. The number of carboxylic acids is 1. The average Bonchev–Trinajstić information content (AvgIpc) is 2.43. The van der Waals surface area contributed by atoms with E-state index < -0.39 is 18.1 Å². The number of aliphatic hydroxyl groups is 1. The lowest BCUT2D eigenvalue weighted by molar-refractivity contribution is -0.688. The summed E-state index contributed by atoms with van der Waals surface area (Å²) in [4.78, 5) is 22.7. The molecule has 0 aliphatic heterocycles. The molecule has 0 spiro atoms. The van der Waals surface area contributed by atoms with Crippen LogP contribution in [0, 0.1) is 0 Å². The molecule has 1 aromatic rings. The molecule has 1 aromatic carbocycles. The zero-order valence-corrected chi connectivity index (χ0v) is 12.2. The molecule has 0 saturated carbocycles. The van der Waals surface area contributed by atoms with Gasteiger partial charge in [0.1, 0.15) is 17.8 Å². The van der Waals surface area contributed by atoms with Gasteiger partial charge in [-0.25, -0.2) is 0 Å². The van der Waals surface area contributed by atoms with Crippen LogP contribution in [0.5, 0.6) is 5.75 Å². The van der Waals surface area contributed by atoms with E-state index >= 15 is 0 Å². The molecular formula is C15H21NO5. The maximum atomic E-state index is 11.9. The van der Waals surface area contributed by atoms with E-state index in [0.29, 0.717) is 17.9 Å². The fourth-order valence-electron chi connectivity index (χ4n) is 1.93. The molecule has 2 atom stereocenters. The van der Waals surface area contributed by atoms with Crippen molar-refractivity contribution >= 4 is 11.8 Å². The first-order valence-electron chi connectivity index (χ1n) is 6.94. The Morgan fingerprint density at radius 2 is 1.95 bits per heavy atom. The molecule has 0 aromatic heterocycles. The van der Waals surface area contributed by atoms with E-state index in [1.807, 2.05) is 6.92 Å².